The molecule has 0 bridgehead atoms. The van der Waals surface area contributed by atoms with Crippen molar-refractivity contribution in [2.45, 2.75) is 59.7 Å². The molecule has 0 unspecified atom stereocenters. The van der Waals surface area contributed by atoms with Crippen LogP contribution in [0, 0.1) is 6.92 Å². The van der Waals surface area contributed by atoms with Crippen molar-refractivity contribution >= 4 is 40.4 Å². The maximum atomic E-state index is 12.8. The van der Waals surface area contributed by atoms with Gasteiger partial charge in [-0.25, -0.2) is 19.4 Å². The van der Waals surface area contributed by atoms with Crippen LogP contribution in [0.2, 0.25) is 0 Å². The first-order chi connectivity index (χ1) is 15.2. The number of benzene rings is 1. The topological polar surface area (TPSA) is 125 Å². The van der Waals surface area contributed by atoms with Gasteiger partial charge in [0.2, 0.25) is 5.71 Å². The van der Waals surface area contributed by atoms with Gasteiger partial charge in [0.1, 0.15) is 22.6 Å². The molecule has 0 spiro atoms. The Balaban J connectivity index is 2.27. The third-order valence-corrected chi connectivity index (χ3v) is 4.20. The van der Waals surface area contributed by atoms with Crippen molar-refractivity contribution in [3.05, 3.63) is 40.9 Å². The first-order valence-electron chi connectivity index (χ1n) is 9.95. The molecule has 0 aliphatic heterocycles. The molecule has 1 N–H and O–H groups in total. The number of carbonyl (C=O) groups excluding carboxylic acids is 3. The van der Waals surface area contributed by atoms with Crippen LogP contribution in [0.1, 0.15) is 52.8 Å². The summed E-state index contributed by atoms with van der Waals surface area (Å²) in [7, 11) is 0. The number of nitrogens with one attached hydrogen (secondary N) is 1. The lowest BCUT2D eigenvalue weighted by Gasteiger charge is -2.18. The van der Waals surface area contributed by atoms with Gasteiger partial charge in [-0.05, 0) is 60.1 Å². The fraction of sp³-hybridized carbons (Fsp3) is 0.409. The summed E-state index contributed by atoms with van der Waals surface area (Å²) in [6.07, 6.45) is -1.82. The SMILES string of the molecule is Cc1ccccc1OC(=O)C(=NOC(=O)OC(C)(C)C)c1csc(NC(=O)OC(C)(C)C)n1. The fourth-order valence-electron chi connectivity index (χ4n) is 2.19. The quantitative estimate of drug-likeness (QED) is 0.208. The van der Waals surface area contributed by atoms with Crippen LogP contribution in [-0.2, 0) is 19.1 Å². The first-order valence-corrected chi connectivity index (χ1v) is 10.8. The van der Waals surface area contributed by atoms with Crippen LogP contribution in [0.15, 0.2) is 34.8 Å². The molecule has 0 saturated carbocycles. The lowest BCUT2D eigenvalue weighted by molar-refractivity contribution is -0.127. The maximum absolute atomic E-state index is 12.8. The number of aryl methyl sites for hydroxylation is 1. The summed E-state index contributed by atoms with van der Waals surface area (Å²) in [6.45, 7) is 11.9. The van der Waals surface area contributed by atoms with Crippen LogP contribution < -0.4 is 10.1 Å². The van der Waals surface area contributed by atoms with Gasteiger partial charge in [0.25, 0.3) is 0 Å². The summed E-state index contributed by atoms with van der Waals surface area (Å²) in [6, 6.07) is 6.87. The Morgan fingerprint density at radius 1 is 1.00 bits per heavy atom. The molecule has 2 rings (SSSR count). The minimum absolute atomic E-state index is 0.0215. The molecule has 11 heteroatoms. The Bertz CT molecular complexity index is 1050. The highest BCUT2D eigenvalue weighted by atomic mass is 32.1. The van der Waals surface area contributed by atoms with Crippen molar-refractivity contribution in [3.63, 3.8) is 0 Å². The monoisotopic (exact) mass is 477 g/mol. The average Bonchev–Trinajstić information content (AvgIpc) is 3.08. The van der Waals surface area contributed by atoms with Gasteiger partial charge < -0.3 is 14.2 Å². The van der Waals surface area contributed by atoms with Crippen molar-refractivity contribution in [2.24, 2.45) is 5.16 Å². The Labute approximate surface area is 195 Å². The van der Waals surface area contributed by atoms with E-state index >= 15 is 0 Å². The summed E-state index contributed by atoms with van der Waals surface area (Å²) in [5, 5.41) is 7.69. The molecule has 0 fully saturated rings. The number of anilines is 1. The van der Waals surface area contributed by atoms with E-state index in [4.69, 9.17) is 19.0 Å². The van der Waals surface area contributed by atoms with Crippen molar-refractivity contribution in [1.82, 2.24) is 4.98 Å². The highest BCUT2D eigenvalue weighted by Gasteiger charge is 2.25. The summed E-state index contributed by atoms with van der Waals surface area (Å²) in [5.41, 5.74) is -1.18. The summed E-state index contributed by atoms with van der Waals surface area (Å²) >= 11 is 1.02. The third kappa shape index (κ3) is 8.89. The van der Waals surface area contributed by atoms with E-state index in [9.17, 15) is 14.4 Å². The van der Waals surface area contributed by atoms with Crippen LogP contribution in [-0.4, -0.2) is 40.1 Å². The lowest BCUT2D eigenvalue weighted by Crippen LogP contribution is -2.27. The molecule has 178 valence electrons. The smallest absolute Gasteiger partial charge is 0.444 e. The van der Waals surface area contributed by atoms with E-state index in [0.717, 1.165) is 11.3 Å². The van der Waals surface area contributed by atoms with Crippen molar-refractivity contribution in [3.8, 4) is 5.75 Å². The van der Waals surface area contributed by atoms with E-state index in [2.05, 4.69) is 15.5 Å². The average molecular weight is 478 g/mol. The highest BCUT2D eigenvalue weighted by molar-refractivity contribution is 7.14. The van der Waals surface area contributed by atoms with E-state index in [0.29, 0.717) is 11.3 Å². The number of rotatable bonds is 5. The Kier molecular flexibility index (Phi) is 8.15. The fourth-order valence-corrected chi connectivity index (χ4v) is 2.87. The van der Waals surface area contributed by atoms with E-state index in [1.165, 1.54) is 5.38 Å². The highest BCUT2D eigenvalue weighted by Crippen LogP contribution is 2.21. The van der Waals surface area contributed by atoms with Crippen LogP contribution in [0.4, 0.5) is 14.7 Å². The van der Waals surface area contributed by atoms with Gasteiger partial charge in [0.15, 0.2) is 5.13 Å². The van der Waals surface area contributed by atoms with Crippen LogP contribution in [0.5, 0.6) is 5.75 Å². The molecule has 0 atom stereocenters. The Hall–Kier alpha value is -3.47. The zero-order chi connectivity index (χ0) is 24.8. The van der Waals surface area contributed by atoms with Crippen molar-refractivity contribution in [2.75, 3.05) is 5.32 Å². The second-order valence-corrected chi connectivity index (χ2v) is 9.67. The molecule has 0 saturated heterocycles. The Morgan fingerprint density at radius 3 is 2.24 bits per heavy atom. The van der Waals surface area contributed by atoms with Crippen LogP contribution in [0.25, 0.3) is 0 Å². The molecule has 10 nitrogen and oxygen atoms in total. The molecule has 1 heterocycles. The number of thiazole rings is 1. The summed E-state index contributed by atoms with van der Waals surface area (Å²) in [5.74, 6) is -0.614. The number of hydrogen-bond donors (Lipinski definition) is 1. The molecule has 0 radical (unpaired) electrons. The van der Waals surface area contributed by atoms with Gasteiger partial charge in [-0.2, -0.15) is 0 Å². The predicted octanol–water partition coefficient (Wildman–Crippen LogP) is 5.06. The number of hydrogen-bond acceptors (Lipinski definition) is 10. The number of ether oxygens (including phenoxy) is 3. The van der Waals surface area contributed by atoms with E-state index < -0.39 is 35.1 Å². The Morgan fingerprint density at radius 2 is 1.64 bits per heavy atom. The third-order valence-electron chi connectivity index (χ3n) is 3.45. The van der Waals surface area contributed by atoms with Crippen LogP contribution in [0.3, 0.4) is 0 Å². The molecule has 1 aromatic carbocycles. The van der Waals surface area contributed by atoms with Crippen LogP contribution >= 0.6 is 11.3 Å². The molecule has 0 aliphatic carbocycles. The number of para-hydroxylation sites is 1. The molecule has 33 heavy (non-hydrogen) atoms. The molecular formula is C22H27N3O7S. The second kappa shape index (κ2) is 10.4. The zero-order valence-electron chi connectivity index (χ0n) is 19.5. The van der Waals surface area contributed by atoms with Gasteiger partial charge in [0, 0.05) is 5.38 Å². The van der Waals surface area contributed by atoms with Gasteiger partial charge in [-0.15, -0.1) is 11.3 Å². The normalized spacial score (nSPS) is 12.0. The summed E-state index contributed by atoms with van der Waals surface area (Å²) < 4.78 is 15.6. The number of nitrogens with zero attached hydrogens (tertiary/aromatic N) is 2. The van der Waals surface area contributed by atoms with Gasteiger partial charge in [-0.3, -0.25) is 10.2 Å². The zero-order valence-corrected chi connectivity index (χ0v) is 20.4. The summed E-state index contributed by atoms with van der Waals surface area (Å²) in [4.78, 5) is 45.7. The van der Waals surface area contributed by atoms with Crippen molar-refractivity contribution < 1.29 is 33.4 Å². The molecular weight excluding hydrogens is 450 g/mol. The number of esters is 1. The van der Waals surface area contributed by atoms with Crippen molar-refractivity contribution in [1.29, 1.82) is 0 Å². The molecule has 2 aromatic rings. The van der Waals surface area contributed by atoms with E-state index in [-0.39, 0.29) is 10.8 Å². The second-order valence-electron chi connectivity index (χ2n) is 8.82. The number of oxime groups is 1. The van der Waals surface area contributed by atoms with Gasteiger partial charge >= 0.3 is 18.2 Å². The molecule has 1 aromatic heterocycles. The lowest BCUT2D eigenvalue weighted by atomic mass is 10.2. The largest absolute Gasteiger partial charge is 0.535 e. The minimum Gasteiger partial charge on any atom is -0.444 e. The predicted molar refractivity (Wildman–Crippen MR) is 123 cm³/mol. The standard InChI is InChI=1S/C22H27N3O7S/c1-13-10-8-9-11-15(13)29-17(26)16(25-32-20(28)31-22(5,6)7)14-12-33-18(23-14)24-19(27)30-21(2,3)4/h8-12H,1-7H3,(H,23,24,27). The number of amides is 1. The molecule has 0 aliphatic rings. The molecule has 1 amide bonds. The minimum atomic E-state index is -1.11. The maximum Gasteiger partial charge on any atom is 0.535 e. The van der Waals surface area contributed by atoms with E-state index in [1.807, 2.05) is 0 Å². The number of carbonyl (C=O) groups is 3. The van der Waals surface area contributed by atoms with E-state index in [1.54, 1.807) is 72.7 Å². The van der Waals surface area contributed by atoms with Gasteiger partial charge in [-0.1, -0.05) is 23.4 Å². The first kappa shape index (κ1) is 25.8. The van der Waals surface area contributed by atoms with Gasteiger partial charge in [0.05, 0.1) is 0 Å². The number of aromatic nitrogens is 1.